The largest absolute Gasteiger partial charge is 0.465 e. The number of ether oxygens (including phenoxy) is 1. The smallest absolute Gasteiger partial charge is 0.315 e. The van der Waals surface area contributed by atoms with Crippen LogP contribution in [0.2, 0.25) is 0 Å². The molecule has 0 radical (unpaired) electrons. The molecule has 1 atom stereocenters. The molecule has 0 fully saturated rings. The van der Waals surface area contributed by atoms with Gasteiger partial charge in [-0.3, -0.25) is 25.2 Å². The quantitative estimate of drug-likeness (QED) is 0.608. The normalized spacial score (nSPS) is 11.3. The van der Waals surface area contributed by atoms with Crippen LogP contribution < -0.4 is 10.9 Å². The van der Waals surface area contributed by atoms with Gasteiger partial charge in [0.05, 0.1) is 17.6 Å². The maximum absolute atomic E-state index is 11.8. The van der Waals surface area contributed by atoms with Crippen LogP contribution >= 0.6 is 11.8 Å². The van der Waals surface area contributed by atoms with Crippen LogP contribution in [0.1, 0.15) is 24.2 Å². The molecule has 21 heavy (non-hydrogen) atoms. The van der Waals surface area contributed by atoms with Crippen molar-refractivity contribution < 1.29 is 19.1 Å². The number of nitrogens with one attached hydrogen (secondary N) is 2. The van der Waals surface area contributed by atoms with Gasteiger partial charge < -0.3 is 4.74 Å². The van der Waals surface area contributed by atoms with Crippen LogP contribution in [0.25, 0.3) is 0 Å². The second-order valence-electron chi connectivity index (χ2n) is 4.07. The predicted molar refractivity (Wildman–Crippen MR) is 80.6 cm³/mol. The van der Waals surface area contributed by atoms with E-state index in [2.05, 4.69) is 10.9 Å². The summed E-state index contributed by atoms with van der Waals surface area (Å²) < 4.78 is 4.77. The van der Waals surface area contributed by atoms with E-state index in [1.165, 1.54) is 0 Å². The van der Waals surface area contributed by atoms with Gasteiger partial charge in [0.15, 0.2) is 0 Å². The molecular weight excluding hydrogens is 292 g/mol. The fourth-order valence-electron chi connectivity index (χ4n) is 1.35. The predicted octanol–water partition coefficient (Wildman–Crippen LogP) is 1.13. The van der Waals surface area contributed by atoms with E-state index >= 15 is 0 Å². The summed E-state index contributed by atoms with van der Waals surface area (Å²) in [6.07, 6.45) is 0. The molecule has 0 heterocycles. The summed E-state index contributed by atoms with van der Waals surface area (Å²) in [5.41, 5.74) is 5.10. The molecule has 0 aliphatic heterocycles. The Morgan fingerprint density at radius 1 is 1.19 bits per heavy atom. The third-order valence-corrected chi connectivity index (χ3v) is 3.58. The van der Waals surface area contributed by atoms with E-state index in [0.717, 1.165) is 11.8 Å². The van der Waals surface area contributed by atoms with Crippen molar-refractivity contribution in [3.8, 4) is 0 Å². The zero-order chi connectivity index (χ0) is 15.7. The lowest BCUT2D eigenvalue weighted by atomic mass is 10.2. The minimum atomic E-state index is -0.481. The van der Waals surface area contributed by atoms with Crippen molar-refractivity contribution in [2.45, 2.75) is 19.1 Å². The van der Waals surface area contributed by atoms with Gasteiger partial charge in [0.2, 0.25) is 0 Å². The van der Waals surface area contributed by atoms with Gasteiger partial charge in [0.25, 0.3) is 11.8 Å². The molecule has 0 saturated carbocycles. The van der Waals surface area contributed by atoms with Crippen LogP contribution in [0.4, 0.5) is 0 Å². The molecule has 0 spiro atoms. The molecule has 1 aromatic rings. The first-order valence-corrected chi connectivity index (χ1v) is 7.52. The zero-order valence-corrected chi connectivity index (χ0v) is 12.7. The third kappa shape index (κ3) is 6.31. The van der Waals surface area contributed by atoms with Crippen LogP contribution in [0, 0.1) is 0 Å². The molecule has 2 amide bonds. The summed E-state index contributed by atoms with van der Waals surface area (Å²) in [5, 5.41) is -0.481. The molecule has 0 aliphatic carbocycles. The molecular formula is C14H18N2O4S. The van der Waals surface area contributed by atoms with Crippen LogP contribution in [-0.4, -0.2) is 35.4 Å². The Bertz CT molecular complexity index is 493. The number of hydrazine groups is 1. The topological polar surface area (TPSA) is 84.5 Å². The highest BCUT2D eigenvalue weighted by atomic mass is 32.2. The molecule has 0 aromatic heterocycles. The molecule has 7 heteroatoms. The number of hydrogen-bond donors (Lipinski definition) is 2. The maximum atomic E-state index is 11.8. The lowest BCUT2D eigenvalue weighted by molar-refractivity contribution is -0.139. The lowest BCUT2D eigenvalue weighted by Crippen LogP contribution is -2.45. The molecule has 0 aliphatic rings. The SMILES string of the molecule is CCOC(=O)CS[C@H](C)C(=O)NNC(=O)c1ccccc1. The molecule has 6 nitrogen and oxygen atoms in total. The molecule has 2 N–H and O–H groups in total. The second-order valence-corrected chi connectivity index (χ2v) is 5.40. The zero-order valence-electron chi connectivity index (χ0n) is 11.9. The highest BCUT2D eigenvalue weighted by Crippen LogP contribution is 2.10. The van der Waals surface area contributed by atoms with Gasteiger partial charge in [0.1, 0.15) is 0 Å². The van der Waals surface area contributed by atoms with Crippen molar-refractivity contribution in [3.63, 3.8) is 0 Å². The Hall–Kier alpha value is -2.02. The molecule has 114 valence electrons. The summed E-state index contributed by atoms with van der Waals surface area (Å²) >= 11 is 1.14. The van der Waals surface area contributed by atoms with E-state index in [9.17, 15) is 14.4 Å². The van der Waals surface area contributed by atoms with E-state index in [0.29, 0.717) is 12.2 Å². The average molecular weight is 310 g/mol. The Balaban J connectivity index is 2.33. The summed E-state index contributed by atoms with van der Waals surface area (Å²) in [6, 6.07) is 8.54. The number of thioether (sulfide) groups is 1. The summed E-state index contributed by atoms with van der Waals surface area (Å²) in [4.78, 5) is 34.6. The summed E-state index contributed by atoms with van der Waals surface area (Å²) in [5.74, 6) is -1.05. The van der Waals surface area contributed by atoms with E-state index in [4.69, 9.17) is 4.74 Å². The van der Waals surface area contributed by atoms with E-state index in [1.807, 2.05) is 0 Å². The molecule has 1 aromatic carbocycles. The van der Waals surface area contributed by atoms with Crippen molar-refractivity contribution in [1.29, 1.82) is 0 Å². The van der Waals surface area contributed by atoms with Crippen molar-refractivity contribution in [2.75, 3.05) is 12.4 Å². The average Bonchev–Trinajstić information content (AvgIpc) is 2.51. The number of hydrogen-bond acceptors (Lipinski definition) is 5. The fraction of sp³-hybridized carbons (Fsp3) is 0.357. The number of esters is 1. The first-order valence-electron chi connectivity index (χ1n) is 6.47. The molecule has 0 saturated heterocycles. The Labute approximate surface area is 127 Å². The van der Waals surface area contributed by atoms with Gasteiger partial charge in [-0.05, 0) is 26.0 Å². The summed E-state index contributed by atoms with van der Waals surface area (Å²) in [6.45, 7) is 3.68. The number of amides is 2. The highest BCUT2D eigenvalue weighted by Gasteiger charge is 2.16. The van der Waals surface area contributed by atoms with Crippen LogP contribution in [0.5, 0.6) is 0 Å². The molecule has 0 unspecified atom stereocenters. The number of carbonyl (C=O) groups is 3. The van der Waals surface area contributed by atoms with Crippen LogP contribution in [-0.2, 0) is 14.3 Å². The van der Waals surface area contributed by atoms with Gasteiger partial charge in [0, 0.05) is 5.56 Å². The van der Waals surface area contributed by atoms with Gasteiger partial charge in [-0.2, -0.15) is 0 Å². The van der Waals surface area contributed by atoms with E-state index in [1.54, 1.807) is 44.2 Å². The van der Waals surface area contributed by atoms with E-state index < -0.39 is 11.2 Å². The van der Waals surface area contributed by atoms with Gasteiger partial charge in [-0.25, -0.2) is 0 Å². The second kappa shape index (κ2) is 9.02. The Morgan fingerprint density at radius 2 is 1.86 bits per heavy atom. The van der Waals surface area contributed by atoms with Crippen molar-refractivity contribution >= 4 is 29.5 Å². The van der Waals surface area contributed by atoms with Gasteiger partial charge in [-0.1, -0.05) is 18.2 Å². The maximum Gasteiger partial charge on any atom is 0.315 e. The van der Waals surface area contributed by atoms with Gasteiger partial charge >= 0.3 is 5.97 Å². The first kappa shape index (κ1) is 17.0. The van der Waals surface area contributed by atoms with Crippen molar-refractivity contribution in [3.05, 3.63) is 35.9 Å². The number of benzene rings is 1. The molecule has 0 bridgehead atoms. The lowest BCUT2D eigenvalue weighted by Gasteiger charge is -2.12. The minimum absolute atomic E-state index is 0.0923. The Morgan fingerprint density at radius 3 is 2.48 bits per heavy atom. The van der Waals surface area contributed by atoms with Crippen LogP contribution in [0.15, 0.2) is 30.3 Å². The number of rotatable bonds is 6. The van der Waals surface area contributed by atoms with Crippen molar-refractivity contribution in [2.24, 2.45) is 0 Å². The first-order chi connectivity index (χ1) is 10.0. The Kier molecular flexibility index (Phi) is 7.31. The number of carbonyl (C=O) groups excluding carboxylic acids is 3. The van der Waals surface area contributed by atoms with Crippen molar-refractivity contribution in [1.82, 2.24) is 10.9 Å². The van der Waals surface area contributed by atoms with Crippen LogP contribution in [0.3, 0.4) is 0 Å². The minimum Gasteiger partial charge on any atom is -0.465 e. The monoisotopic (exact) mass is 310 g/mol. The van der Waals surface area contributed by atoms with E-state index in [-0.39, 0.29) is 17.6 Å². The van der Waals surface area contributed by atoms with Gasteiger partial charge in [-0.15, -0.1) is 11.8 Å². The third-order valence-electron chi connectivity index (χ3n) is 2.46. The molecule has 1 rings (SSSR count). The summed E-state index contributed by atoms with van der Waals surface area (Å²) in [7, 11) is 0. The highest BCUT2D eigenvalue weighted by molar-refractivity contribution is 8.01. The fourth-order valence-corrected chi connectivity index (χ4v) is 2.03. The standard InChI is InChI=1S/C14H18N2O4S/c1-3-20-12(17)9-21-10(2)13(18)15-16-14(19)11-7-5-4-6-8-11/h4-8,10H,3,9H2,1-2H3,(H,15,18)(H,16,19)/t10-/m1/s1.